The lowest BCUT2D eigenvalue weighted by Gasteiger charge is -2.35. The summed E-state index contributed by atoms with van der Waals surface area (Å²) >= 11 is 0. The topological polar surface area (TPSA) is 36.3 Å². The number of rotatable bonds is 11. The van der Waals surface area contributed by atoms with Gasteiger partial charge in [-0.05, 0) is 56.8 Å². The summed E-state index contributed by atoms with van der Waals surface area (Å²) in [6, 6.07) is 49.5. The van der Waals surface area contributed by atoms with Crippen molar-refractivity contribution in [2.45, 2.75) is 12.0 Å². The molecule has 0 N–H and O–H groups in total. The van der Waals surface area contributed by atoms with Crippen LogP contribution < -0.4 is 30.8 Å². The molecule has 0 spiro atoms. The van der Waals surface area contributed by atoms with Gasteiger partial charge in [-0.2, -0.15) is 0 Å². The first-order chi connectivity index (χ1) is 21.2. The molecule has 0 aliphatic rings. The summed E-state index contributed by atoms with van der Waals surface area (Å²) < 4.78 is 13.4. The normalized spacial score (nSPS) is 11.3. The molecule has 0 aliphatic heterocycles. The van der Waals surface area contributed by atoms with Crippen LogP contribution in [0.25, 0.3) is 0 Å². The number of methoxy groups -OCH3 is 2. The van der Waals surface area contributed by atoms with Gasteiger partial charge in [-0.15, -0.1) is 0 Å². The summed E-state index contributed by atoms with van der Waals surface area (Å²) in [6.45, 7) is 0. The van der Waals surface area contributed by atoms with E-state index in [1.54, 1.807) is 14.2 Å². The van der Waals surface area contributed by atoms with Gasteiger partial charge in [-0.25, -0.2) is 0 Å². The average molecular weight is 578 g/mol. The molecule has 1 heterocycles. The van der Waals surface area contributed by atoms with Crippen molar-refractivity contribution in [3.05, 3.63) is 163 Å². The van der Waals surface area contributed by atoms with Crippen LogP contribution >= 0.6 is 0 Å². The van der Waals surface area contributed by atoms with Crippen molar-refractivity contribution in [3.63, 3.8) is 0 Å². The van der Waals surface area contributed by atoms with E-state index in [1.807, 2.05) is 6.20 Å². The molecule has 0 atom stereocenters. The molecule has 0 fully saturated rings. The first kappa shape index (κ1) is 28.3. The van der Waals surface area contributed by atoms with E-state index in [9.17, 15) is 0 Å². The second kappa shape index (κ2) is 13.0. The van der Waals surface area contributed by atoms with Crippen LogP contribution in [0.1, 0.15) is 16.9 Å². The number of nitrogens with zero attached hydrogens (tertiary/aromatic N) is 2. The average Bonchev–Trinajstić information content (AvgIpc) is 3.53. The minimum atomic E-state index is -2.65. The lowest BCUT2D eigenvalue weighted by atomic mass is 9.58. The van der Waals surface area contributed by atoms with Crippen molar-refractivity contribution in [2.24, 2.45) is 0 Å². The van der Waals surface area contributed by atoms with E-state index in [1.165, 1.54) is 26.7 Å². The van der Waals surface area contributed by atoms with E-state index < -0.39 is 8.07 Å². The minimum absolute atomic E-state index is 0.0679. The molecule has 6 heteroatoms. The molecule has 6 aromatic rings. The Hall–Kier alpha value is -4.81. The van der Waals surface area contributed by atoms with Crippen LogP contribution in [0.2, 0.25) is 0 Å². The summed E-state index contributed by atoms with van der Waals surface area (Å²) in [6.07, 6.45) is 4.82. The molecule has 0 unspecified atom stereocenters. The van der Waals surface area contributed by atoms with Crippen LogP contribution in [-0.2, 0) is 6.17 Å². The van der Waals surface area contributed by atoms with Gasteiger partial charge in [-0.1, -0.05) is 115 Å². The number of ether oxygens (including phenoxy) is 2. The van der Waals surface area contributed by atoms with Gasteiger partial charge < -0.3 is 14.0 Å². The van der Waals surface area contributed by atoms with Gasteiger partial charge in [0.2, 0.25) is 7.28 Å². The molecule has 43 heavy (non-hydrogen) atoms. The molecule has 1 radical (unpaired) electrons. The Morgan fingerprint density at radius 3 is 1.51 bits per heavy atom. The zero-order chi connectivity index (χ0) is 29.5. The molecule has 211 valence electrons. The maximum atomic E-state index is 5.56. The monoisotopic (exact) mass is 577 g/mol. The smallest absolute Gasteiger partial charge is 0.215 e. The van der Waals surface area contributed by atoms with Crippen molar-refractivity contribution in [1.29, 1.82) is 0 Å². The van der Waals surface area contributed by atoms with Crippen molar-refractivity contribution >= 4 is 36.6 Å². The first-order valence-corrected chi connectivity index (χ1v) is 16.7. The highest BCUT2D eigenvalue weighted by atomic mass is 28.3. The highest BCUT2D eigenvalue weighted by molar-refractivity contribution is 7.10. The Kier molecular flexibility index (Phi) is 8.57. The number of imidazole rings is 1. The molecule has 0 aliphatic carbocycles. The summed E-state index contributed by atoms with van der Waals surface area (Å²) in [4.78, 5) is 4.92. The Morgan fingerprint density at radius 2 is 1.05 bits per heavy atom. The molecule has 0 amide bonds. The van der Waals surface area contributed by atoms with Gasteiger partial charge in [0, 0.05) is 18.6 Å². The fraction of sp³-hybridized carbons (Fsp3) is 0.108. The predicted molar refractivity (Wildman–Crippen MR) is 179 cm³/mol. The zero-order valence-electron chi connectivity index (χ0n) is 24.5. The molecule has 6 rings (SSSR count). The van der Waals surface area contributed by atoms with Gasteiger partial charge in [0.1, 0.15) is 11.5 Å². The Labute approximate surface area is 255 Å². The minimum Gasteiger partial charge on any atom is -0.497 e. The second-order valence-electron chi connectivity index (χ2n) is 10.6. The summed E-state index contributed by atoms with van der Waals surface area (Å²) in [5, 5.41) is 3.92. The fourth-order valence-corrected chi connectivity index (χ4v) is 10.5. The molecule has 1 aromatic heterocycles. The highest BCUT2D eigenvalue weighted by Crippen LogP contribution is 2.23. The van der Waals surface area contributed by atoms with E-state index in [-0.39, 0.29) is 5.82 Å². The molecule has 0 bridgehead atoms. The zero-order valence-corrected chi connectivity index (χ0v) is 25.5. The van der Waals surface area contributed by atoms with E-state index in [0.717, 1.165) is 23.4 Å². The van der Waals surface area contributed by atoms with E-state index in [0.29, 0.717) is 0 Å². The van der Waals surface area contributed by atoms with Crippen LogP contribution in [0.15, 0.2) is 152 Å². The first-order valence-electron chi connectivity index (χ1n) is 14.5. The van der Waals surface area contributed by atoms with Gasteiger partial charge in [0.15, 0.2) is 8.07 Å². The fourth-order valence-electron chi connectivity index (χ4n) is 5.97. The third-order valence-corrected chi connectivity index (χ3v) is 13.0. The number of aromatic nitrogens is 2. The van der Waals surface area contributed by atoms with Crippen LogP contribution in [0.4, 0.5) is 0 Å². The standard InChI is InChI=1S/C37H34BN2O2Si/c1-41-31-18-22-34(23-19-31)43(33-16-10-5-11-17-33,35-24-20-32(42-2)21-25-35)28-40-27-26-39-37(40)38-36(29-12-6-3-7-13-29)30-14-8-4-9-15-30/h3-27,36H,28H2,1-2H3. The Balaban J connectivity index is 1.49. The van der Waals surface area contributed by atoms with Crippen LogP contribution in [0.5, 0.6) is 11.5 Å². The molecular weight excluding hydrogens is 543 g/mol. The van der Waals surface area contributed by atoms with Gasteiger partial charge >= 0.3 is 0 Å². The van der Waals surface area contributed by atoms with Gasteiger partial charge in [0.05, 0.1) is 19.9 Å². The Morgan fingerprint density at radius 1 is 0.605 bits per heavy atom. The lowest BCUT2D eigenvalue weighted by molar-refractivity contribution is 0.415. The Bertz CT molecular complexity index is 1640. The maximum absolute atomic E-state index is 5.56. The third-order valence-electron chi connectivity index (χ3n) is 8.22. The summed E-state index contributed by atoms with van der Waals surface area (Å²) in [5.74, 6) is 1.76. The van der Waals surface area contributed by atoms with E-state index in [4.69, 9.17) is 14.5 Å². The number of benzene rings is 5. The van der Waals surface area contributed by atoms with Crippen molar-refractivity contribution in [1.82, 2.24) is 9.55 Å². The van der Waals surface area contributed by atoms with Crippen LogP contribution in [-0.4, -0.2) is 39.1 Å². The quantitative estimate of drug-likeness (QED) is 0.165. The molecule has 4 nitrogen and oxygen atoms in total. The third kappa shape index (κ3) is 5.92. The van der Waals surface area contributed by atoms with Crippen molar-refractivity contribution in [2.75, 3.05) is 14.2 Å². The van der Waals surface area contributed by atoms with Gasteiger partial charge in [-0.3, -0.25) is 4.98 Å². The number of hydrogen-bond acceptors (Lipinski definition) is 3. The maximum Gasteiger partial charge on any atom is 0.215 e. The van der Waals surface area contributed by atoms with Crippen LogP contribution in [0, 0.1) is 0 Å². The van der Waals surface area contributed by atoms with Crippen LogP contribution in [0.3, 0.4) is 0 Å². The molecule has 0 saturated carbocycles. The predicted octanol–water partition coefficient (Wildman–Crippen LogP) is 4.73. The van der Waals surface area contributed by atoms with E-state index >= 15 is 0 Å². The largest absolute Gasteiger partial charge is 0.497 e. The molecule has 5 aromatic carbocycles. The summed E-state index contributed by atoms with van der Waals surface area (Å²) in [7, 11) is 3.08. The molecular formula is C37H34BN2O2Si. The molecule has 0 saturated heterocycles. The SMILES string of the molecule is COc1ccc([Si](Cn2ccnc2[B]C(c2ccccc2)c2ccccc2)(c2ccccc2)c2ccc(OC)cc2)cc1. The van der Waals surface area contributed by atoms with E-state index in [2.05, 4.69) is 158 Å². The van der Waals surface area contributed by atoms with Crippen molar-refractivity contribution in [3.8, 4) is 11.5 Å². The highest BCUT2D eigenvalue weighted by Gasteiger charge is 2.40. The van der Waals surface area contributed by atoms with Gasteiger partial charge in [0.25, 0.3) is 0 Å². The lowest BCUT2D eigenvalue weighted by Crippen LogP contribution is -2.70. The number of hydrogen-bond donors (Lipinski definition) is 0. The van der Waals surface area contributed by atoms with Crippen molar-refractivity contribution < 1.29 is 9.47 Å². The summed E-state index contributed by atoms with van der Waals surface area (Å²) in [5.41, 5.74) is 3.42. The second-order valence-corrected chi connectivity index (χ2v) is 14.5.